The summed E-state index contributed by atoms with van der Waals surface area (Å²) >= 11 is 0. The van der Waals surface area contributed by atoms with E-state index in [4.69, 9.17) is 0 Å². The van der Waals surface area contributed by atoms with Gasteiger partial charge in [-0.05, 0) is 6.92 Å². The molecule has 7 heteroatoms. The van der Waals surface area contributed by atoms with Crippen molar-refractivity contribution in [1.82, 2.24) is 24.6 Å². The Morgan fingerprint density at radius 1 is 1.50 bits per heavy atom. The smallest absolute Gasteiger partial charge is 0.312 e. The lowest BCUT2D eigenvalue weighted by Crippen LogP contribution is -2.41. The van der Waals surface area contributed by atoms with E-state index >= 15 is 0 Å². The third kappa shape index (κ3) is 2.44. The zero-order chi connectivity index (χ0) is 15.7. The van der Waals surface area contributed by atoms with Gasteiger partial charge in [0.05, 0.1) is 12.0 Å². The van der Waals surface area contributed by atoms with Crippen LogP contribution in [0.4, 0.5) is 0 Å². The molecule has 0 aliphatic carbocycles. The largest absolute Gasteiger partial charge is 0.481 e. The van der Waals surface area contributed by atoms with Crippen molar-refractivity contribution in [2.75, 3.05) is 32.7 Å². The Morgan fingerprint density at radius 3 is 2.86 bits per heavy atom. The summed E-state index contributed by atoms with van der Waals surface area (Å²) in [5.74, 6) is 0.400. The number of hydrogen-bond donors (Lipinski definition) is 1. The van der Waals surface area contributed by atoms with E-state index in [0.717, 1.165) is 32.0 Å². The molecule has 0 spiro atoms. The number of aryl methyl sites for hydroxylation is 1. The quantitative estimate of drug-likeness (QED) is 0.762. The number of carbonyl (C=O) groups is 1. The third-order valence-corrected chi connectivity index (χ3v) is 4.96. The van der Waals surface area contributed by atoms with Crippen LogP contribution in [0.25, 0.3) is 0 Å². The van der Waals surface area contributed by atoms with Crippen molar-refractivity contribution in [2.24, 2.45) is 11.3 Å². The van der Waals surface area contributed by atoms with Crippen molar-refractivity contribution >= 4 is 5.97 Å². The Bertz CT molecular complexity index is 572. The predicted molar refractivity (Wildman–Crippen MR) is 81.2 cm³/mol. The van der Waals surface area contributed by atoms with Crippen molar-refractivity contribution in [2.45, 2.75) is 20.0 Å². The van der Waals surface area contributed by atoms with E-state index in [1.807, 2.05) is 10.6 Å². The van der Waals surface area contributed by atoms with Gasteiger partial charge in [0.2, 0.25) is 0 Å². The van der Waals surface area contributed by atoms with E-state index in [-0.39, 0.29) is 5.92 Å². The van der Waals surface area contributed by atoms with E-state index in [9.17, 15) is 9.90 Å². The van der Waals surface area contributed by atoms with Crippen LogP contribution in [0.5, 0.6) is 0 Å². The molecule has 0 amide bonds. The van der Waals surface area contributed by atoms with Gasteiger partial charge >= 0.3 is 5.97 Å². The fourth-order valence-electron chi connectivity index (χ4n) is 3.88. The van der Waals surface area contributed by atoms with Gasteiger partial charge in [-0.1, -0.05) is 6.08 Å². The van der Waals surface area contributed by atoms with Crippen molar-refractivity contribution in [3.8, 4) is 0 Å². The maximum absolute atomic E-state index is 11.9. The Morgan fingerprint density at radius 2 is 2.23 bits per heavy atom. The molecule has 0 radical (unpaired) electrons. The Hall–Kier alpha value is -1.73. The summed E-state index contributed by atoms with van der Waals surface area (Å²) in [6.07, 6.45) is 3.57. The minimum atomic E-state index is -0.677. The molecule has 0 unspecified atom stereocenters. The van der Waals surface area contributed by atoms with Gasteiger partial charge < -0.3 is 9.67 Å². The van der Waals surface area contributed by atoms with Gasteiger partial charge in [-0.25, -0.2) is 0 Å². The van der Waals surface area contributed by atoms with Gasteiger partial charge in [0.1, 0.15) is 12.2 Å². The van der Waals surface area contributed by atoms with Crippen LogP contribution in [0.2, 0.25) is 0 Å². The number of carboxylic acid groups (broad SMARTS) is 1. The van der Waals surface area contributed by atoms with E-state index in [2.05, 4.69) is 33.5 Å². The maximum atomic E-state index is 11.9. The van der Waals surface area contributed by atoms with Gasteiger partial charge in [-0.15, -0.1) is 16.8 Å². The topological polar surface area (TPSA) is 74.5 Å². The summed E-state index contributed by atoms with van der Waals surface area (Å²) in [5.41, 5.74) is -0.653. The van der Waals surface area contributed by atoms with Crippen molar-refractivity contribution < 1.29 is 9.90 Å². The van der Waals surface area contributed by atoms with E-state index < -0.39 is 11.4 Å². The summed E-state index contributed by atoms with van der Waals surface area (Å²) in [5, 5.41) is 17.9. The molecule has 2 atom stereocenters. The summed E-state index contributed by atoms with van der Waals surface area (Å²) in [4.78, 5) is 16.3. The molecule has 3 heterocycles. The number of aromatic nitrogens is 3. The molecule has 7 nitrogen and oxygen atoms in total. The Kier molecular flexibility index (Phi) is 4.01. The molecule has 1 aromatic heterocycles. The van der Waals surface area contributed by atoms with Crippen molar-refractivity contribution in [3.05, 3.63) is 24.8 Å². The first-order valence-electron chi connectivity index (χ1n) is 7.74. The highest BCUT2D eigenvalue weighted by Crippen LogP contribution is 2.43. The van der Waals surface area contributed by atoms with E-state index in [1.54, 1.807) is 6.33 Å². The van der Waals surface area contributed by atoms with Gasteiger partial charge in [0, 0.05) is 45.2 Å². The second-order valence-electron chi connectivity index (χ2n) is 6.34. The molecule has 0 bridgehead atoms. The van der Waals surface area contributed by atoms with Gasteiger partial charge in [0.15, 0.2) is 0 Å². The molecule has 3 rings (SSSR count). The molecule has 1 aromatic rings. The SMILES string of the molecule is C=CCN1C[C@@H]2CN(Cc3nncn3CC)C[C@]2(C(=O)O)C1. The van der Waals surface area contributed by atoms with E-state index in [0.29, 0.717) is 19.6 Å². The summed E-state index contributed by atoms with van der Waals surface area (Å²) in [6.45, 7) is 10.9. The third-order valence-electron chi connectivity index (χ3n) is 4.96. The van der Waals surface area contributed by atoms with Crippen LogP contribution in [0.15, 0.2) is 19.0 Å². The molecule has 1 N–H and O–H groups in total. The van der Waals surface area contributed by atoms with Crippen LogP contribution >= 0.6 is 0 Å². The number of nitrogens with zero attached hydrogens (tertiary/aromatic N) is 5. The molecule has 120 valence electrons. The molecule has 2 saturated heterocycles. The zero-order valence-corrected chi connectivity index (χ0v) is 13.0. The fraction of sp³-hybridized carbons (Fsp3) is 0.667. The average Bonchev–Trinajstić information content (AvgIpc) is 3.12. The first-order chi connectivity index (χ1) is 10.6. The highest BCUT2D eigenvalue weighted by atomic mass is 16.4. The minimum absolute atomic E-state index is 0.169. The normalized spacial score (nSPS) is 28.9. The standard InChI is InChI=1S/C15H23N5O2/c1-3-5-18-6-12-7-19(10-15(12,9-18)14(21)22)8-13-17-16-11-20(13)4-2/h3,11-12H,1,4-10H2,2H3,(H,21,22)/t12-,15-/m1/s1. The highest BCUT2D eigenvalue weighted by Gasteiger charge is 2.57. The molecular weight excluding hydrogens is 282 g/mol. The molecule has 0 aromatic carbocycles. The first-order valence-corrected chi connectivity index (χ1v) is 7.74. The summed E-state index contributed by atoms with van der Waals surface area (Å²) in [7, 11) is 0. The zero-order valence-electron chi connectivity index (χ0n) is 13.0. The number of hydrogen-bond acceptors (Lipinski definition) is 5. The first kappa shape index (κ1) is 15.2. The van der Waals surface area contributed by atoms with Crippen molar-refractivity contribution in [1.29, 1.82) is 0 Å². The lowest BCUT2D eigenvalue weighted by molar-refractivity contribution is -0.148. The summed E-state index contributed by atoms with van der Waals surface area (Å²) < 4.78 is 2.01. The molecule has 2 aliphatic rings. The number of rotatable bonds is 6. The van der Waals surface area contributed by atoms with Gasteiger partial charge in [-0.3, -0.25) is 14.6 Å². The van der Waals surface area contributed by atoms with Gasteiger partial charge in [0.25, 0.3) is 0 Å². The highest BCUT2D eigenvalue weighted by molar-refractivity contribution is 5.77. The number of fused-ring (bicyclic) bond motifs is 1. The van der Waals surface area contributed by atoms with E-state index in [1.165, 1.54) is 0 Å². The number of aliphatic carboxylic acids is 1. The van der Waals surface area contributed by atoms with Crippen molar-refractivity contribution in [3.63, 3.8) is 0 Å². The average molecular weight is 305 g/mol. The second kappa shape index (κ2) is 5.81. The van der Waals surface area contributed by atoms with Crippen LogP contribution in [0, 0.1) is 11.3 Å². The molecule has 2 fully saturated rings. The molecule has 22 heavy (non-hydrogen) atoms. The lowest BCUT2D eigenvalue weighted by atomic mass is 9.81. The number of likely N-dealkylation sites (tertiary alicyclic amines) is 2. The van der Waals surface area contributed by atoms with Gasteiger partial charge in [-0.2, -0.15) is 0 Å². The minimum Gasteiger partial charge on any atom is -0.481 e. The second-order valence-corrected chi connectivity index (χ2v) is 6.34. The number of carboxylic acids is 1. The Balaban J connectivity index is 1.73. The monoisotopic (exact) mass is 305 g/mol. The van der Waals surface area contributed by atoms with Crippen LogP contribution < -0.4 is 0 Å². The fourth-order valence-corrected chi connectivity index (χ4v) is 3.88. The van der Waals surface area contributed by atoms with Crippen LogP contribution in [-0.2, 0) is 17.9 Å². The lowest BCUT2D eigenvalue weighted by Gasteiger charge is -2.24. The Labute approximate surface area is 130 Å². The maximum Gasteiger partial charge on any atom is 0.312 e. The van der Waals surface area contributed by atoms with Crippen LogP contribution in [-0.4, -0.2) is 68.4 Å². The predicted octanol–water partition coefficient (Wildman–Crippen LogP) is 0.302. The molecular formula is C15H23N5O2. The molecule has 2 aliphatic heterocycles. The molecule has 0 saturated carbocycles. The summed E-state index contributed by atoms with van der Waals surface area (Å²) in [6, 6.07) is 0. The van der Waals surface area contributed by atoms with Crippen LogP contribution in [0.3, 0.4) is 0 Å². The van der Waals surface area contributed by atoms with Crippen LogP contribution in [0.1, 0.15) is 12.7 Å².